The number of imidazole rings is 1. The van der Waals surface area contributed by atoms with Gasteiger partial charge in [0.2, 0.25) is 5.88 Å². The fourth-order valence-electron chi connectivity index (χ4n) is 3.89. The van der Waals surface area contributed by atoms with Crippen LogP contribution in [0.5, 0.6) is 11.6 Å². The Bertz CT molecular complexity index is 1250. The van der Waals surface area contributed by atoms with E-state index in [2.05, 4.69) is 26.8 Å². The van der Waals surface area contributed by atoms with Gasteiger partial charge < -0.3 is 14.0 Å². The molecule has 7 heteroatoms. The summed E-state index contributed by atoms with van der Waals surface area (Å²) in [6.45, 7) is 3.12. The van der Waals surface area contributed by atoms with Gasteiger partial charge in [0.1, 0.15) is 28.7 Å². The summed E-state index contributed by atoms with van der Waals surface area (Å²) in [4.78, 5) is 13.8. The first kappa shape index (κ1) is 18.5. The van der Waals surface area contributed by atoms with Crippen molar-refractivity contribution in [3.63, 3.8) is 0 Å². The maximum absolute atomic E-state index is 14.3. The van der Waals surface area contributed by atoms with Crippen molar-refractivity contribution in [1.82, 2.24) is 19.5 Å². The minimum absolute atomic E-state index is 0.293. The second kappa shape index (κ2) is 7.40. The molecule has 1 aliphatic rings. The largest absolute Gasteiger partial charge is 0.497 e. The topological polar surface area (TPSA) is 62.1 Å². The van der Waals surface area contributed by atoms with Crippen molar-refractivity contribution in [1.29, 1.82) is 0 Å². The second-order valence-electron chi connectivity index (χ2n) is 7.22. The van der Waals surface area contributed by atoms with Crippen LogP contribution in [0.2, 0.25) is 0 Å². The van der Waals surface area contributed by atoms with Crippen molar-refractivity contribution >= 4 is 10.9 Å². The van der Waals surface area contributed by atoms with E-state index in [9.17, 15) is 4.39 Å². The molecule has 0 bridgehead atoms. The summed E-state index contributed by atoms with van der Waals surface area (Å²) in [7, 11) is 1.67. The third kappa shape index (κ3) is 3.16. The first-order chi connectivity index (χ1) is 14.7. The number of fused-ring (bicyclic) bond motifs is 4. The van der Waals surface area contributed by atoms with E-state index in [4.69, 9.17) is 14.5 Å². The van der Waals surface area contributed by atoms with Gasteiger partial charge in [0.15, 0.2) is 0 Å². The molecule has 5 rings (SSSR count). The lowest BCUT2D eigenvalue weighted by Crippen LogP contribution is -2.04. The number of nitrogens with zero attached hydrogens (tertiary/aromatic N) is 4. The summed E-state index contributed by atoms with van der Waals surface area (Å²) in [5.74, 6) is 2.42. The number of rotatable bonds is 6. The van der Waals surface area contributed by atoms with Crippen LogP contribution in [0, 0.1) is 5.82 Å². The number of hydrogen-bond donors (Lipinski definition) is 0. The lowest BCUT2D eigenvalue weighted by atomic mass is 10.1. The molecule has 0 radical (unpaired) electrons. The highest BCUT2D eigenvalue weighted by molar-refractivity contribution is 5.83. The molecule has 4 aromatic rings. The Morgan fingerprint density at radius 1 is 1.10 bits per heavy atom. The van der Waals surface area contributed by atoms with Crippen LogP contribution in [0.25, 0.3) is 22.3 Å². The summed E-state index contributed by atoms with van der Waals surface area (Å²) in [6.07, 6.45) is 3.28. The van der Waals surface area contributed by atoms with Gasteiger partial charge in [-0.25, -0.2) is 14.4 Å². The van der Waals surface area contributed by atoms with Crippen LogP contribution >= 0.6 is 0 Å². The normalized spacial score (nSPS) is 12.1. The van der Waals surface area contributed by atoms with Crippen molar-refractivity contribution in [2.45, 2.75) is 26.3 Å². The van der Waals surface area contributed by atoms with Crippen LogP contribution in [-0.4, -0.2) is 33.2 Å². The lowest BCUT2D eigenvalue weighted by Gasteiger charge is -2.09. The molecule has 2 aromatic carbocycles. The molecular weight excluding hydrogens is 383 g/mol. The Hall–Kier alpha value is -3.48. The number of aromatic nitrogens is 4. The Balaban J connectivity index is 1.40. The molecule has 0 atom stereocenters. The van der Waals surface area contributed by atoms with E-state index < -0.39 is 0 Å². The molecular formula is C23H21FN4O2. The number of methoxy groups -OCH3 is 1. The standard InChI is InChI=1S/C23H21FN4O2/c1-3-30-23-18-5-4-6-19(24)21(18)26-20(27-23)10-7-15-13-28-12-14-11-16(29-2)8-9-17(14)22(28)25-15/h4-6,8-9,11,13H,3,7,10,12H2,1-2H3. The highest BCUT2D eigenvalue weighted by Crippen LogP contribution is 2.34. The first-order valence-electron chi connectivity index (χ1n) is 9.97. The van der Waals surface area contributed by atoms with E-state index in [1.54, 1.807) is 19.2 Å². The number of halogens is 1. The van der Waals surface area contributed by atoms with Crippen molar-refractivity contribution in [3.05, 3.63) is 65.5 Å². The average Bonchev–Trinajstić information content (AvgIpc) is 3.30. The van der Waals surface area contributed by atoms with Crippen LogP contribution in [0.1, 0.15) is 24.0 Å². The maximum atomic E-state index is 14.3. The van der Waals surface area contributed by atoms with E-state index in [1.807, 2.05) is 19.1 Å². The number of hydrogen-bond acceptors (Lipinski definition) is 5. The first-order valence-corrected chi connectivity index (χ1v) is 9.97. The predicted molar refractivity (Wildman–Crippen MR) is 111 cm³/mol. The highest BCUT2D eigenvalue weighted by Gasteiger charge is 2.21. The molecule has 0 saturated heterocycles. The van der Waals surface area contributed by atoms with Crippen LogP contribution in [0.4, 0.5) is 4.39 Å². The Morgan fingerprint density at radius 2 is 2.00 bits per heavy atom. The molecule has 0 fully saturated rings. The van der Waals surface area contributed by atoms with Gasteiger partial charge in [-0.3, -0.25) is 0 Å². The smallest absolute Gasteiger partial charge is 0.224 e. The third-order valence-electron chi connectivity index (χ3n) is 5.29. The molecule has 3 heterocycles. The zero-order valence-corrected chi connectivity index (χ0v) is 16.9. The molecule has 30 heavy (non-hydrogen) atoms. The quantitative estimate of drug-likeness (QED) is 0.425. The summed E-state index contributed by atoms with van der Waals surface area (Å²) < 4.78 is 27.4. The minimum Gasteiger partial charge on any atom is -0.497 e. The molecule has 6 nitrogen and oxygen atoms in total. The van der Waals surface area contributed by atoms with E-state index in [0.717, 1.165) is 29.4 Å². The average molecular weight is 404 g/mol. The van der Waals surface area contributed by atoms with Gasteiger partial charge in [0.25, 0.3) is 0 Å². The van der Waals surface area contributed by atoms with Gasteiger partial charge in [0, 0.05) is 24.7 Å². The molecule has 0 aliphatic carbocycles. The minimum atomic E-state index is -0.370. The van der Waals surface area contributed by atoms with E-state index in [-0.39, 0.29) is 5.82 Å². The monoisotopic (exact) mass is 404 g/mol. The van der Waals surface area contributed by atoms with Crippen LogP contribution in [-0.2, 0) is 19.4 Å². The molecule has 1 aliphatic heterocycles. The number of ether oxygens (including phenoxy) is 2. The van der Waals surface area contributed by atoms with Gasteiger partial charge in [-0.1, -0.05) is 6.07 Å². The summed E-state index contributed by atoms with van der Waals surface area (Å²) in [5.41, 5.74) is 3.59. The Morgan fingerprint density at radius 3 is 2.83 bits per heavy atom. The number of para-hydroxylation sites is 1. The van der Waals surface area contributed by atoms with Gasteiger partial charge in [0.05, 0.1) is 24.8 Å². The van der Waals surface area contributed by atoms with Crippen LogP contribution < -0.4 is 9.47 Å². The van der Waals surface area contributed by atoms with Crippen LogP contribution in [0.3, 0.4) is 0 Å². The van der Waals surface area contributed by atoms with Gasteiger partial charge in [-0.05, 0) is 49.2 Å². The zero-order valence-electron chi connectivity index (χ0n) is 16.9. The summed E-state index contributed by atoms with van der Waals surface area (Å²) in [5, 5.41) is 0.591. The molecule has 0 N–H and O–H groups in total. The van der Waals surface area contributed by atoms with Crippen LogP contribution in [0.15, 0.2) is 42.6 Å². The summed E-state index contributed by atoms with van der Waals surface area (Å²) in [6, 6.07) is 10.9. The van der Waals surface area contributed by atoms with Crippen molar-refractivity contribution in [2.24, 2.45) is 0 Å². The lowest BCUT2D eigenvalue weighted by molar-refractivity contribution is 0.329. The molecule has 0 unspecified atom stereocenters. The van der Waals surface area contributed by atoms with Gasteiger partial charge in [-0.2, -0.15) is 4.98 Å². The molecule has 2 aromatic heterocycles. The van der Waals surface area contributed by atoms with Gasteiger partial charge >= 0.3 is 0 Å². The van der Waals surface area contributed by atoms with Crippen molar-refractivity contribution in [2.75, 3.05) is 13.7 Å². The van der Waals surface area contributed by atoms with Crippen molar-refractivity contribution < 1.29 is 13.9 Å². The number of benzene rings is 2. The molecule has 0 spiro atoms. The fraction of sp³-hybridized carbons (Fsp3) is 0.261. The zero-order chi connectivity index (χ0) is 20.7. The summed E-state index contributed by atoms with van der Waals surface area (Å²) >= 11 is 0. The van der Waals surface area contributed by atoms with E-state index >= 15 is 0 Å². The second-order valence-corrected chi connectivity index (χ2v) is 7.22. The highest BCUT2D eigenvalue weighted by atomic mass is 19.1. The Kier molecular flexibility index (Phi) is 4.58. The molecule has 152 valence electrons. The SMILES string of the molecule is CCOc1nc(CCc2cn3c(n2)-c2ccc(OC)cc2C3)nc2c(F)cccc12. The molecule has 0 amide bonds. The maximum Gasteiger partial charge on any atom is 0.224 e. The van der Waals surface area contributed by atoms with E-state index in [0.29, 0.717) is 42.1 Å². The third-order valence-corrected chi connectivity index (χ3v) is 5.29. The fourth-order valence-corrected chi connectivity index (χ4v) is 3.89. The van der Waals surface area contributed by atoms with Gasteiger partial charge in [-0.15, -0.1) is 0 Å². The predicted octanol–water partition coefficient (Wildman–Crippen LogP) is 4.19. The Labute approximate surface area is 173 Å². The van der Waals surface area contributed by atoms with E-state index in [1.165, 1.54) is 11.6 Å². The van der Waals surface area contributed by atoms with Crippen molar-refractivity contribution in [3.8, 4) is 23.0 Å². The molecule has 0 saturated carbocycles. The number of aryl methyl sites for hydroxylation is 2.